The van der Waals surface area contributed by atoms with E-state index in [1.165, 1.54) is 24.3 Å². The molecule has 3 N–H and O–H groups in total. The van der Waals surface area contributed by atoms with Crippen LogP contribution in [0.2, 0.25) is 0 Å². The van der Waals surface area contributed by atoms with Crippen LogP contribution in [0.5, 0.6) is 0 Å². The van der Waals surface area contributed by atoms with Gasteiger partial charge in [0.1, 0.15) is 0 Å². The largest absolute Gasteiger partial charge is 0.322 e. The number of nitrogens with two attached hydrogens (primary N) is 1. The highest BCUT2D eigenvalue weighted by Crippen LogP contribution is 2.27. The molecule has 1 amide bonds. The van der Waals surface area contributed by atoms with Crippen LogP contribution in [-0.2, 0) is 17.1 Å². The van der Waals surface area contributed by atoms with Crippen molar-refractivity contribution in [3.05, 3.63) is 65.5 Å². The molecular weight excluding hydrogens is 364 g/mol. The van der Waals surface area contributed by atoms with Crippen molar-refractivity contribution in [2.24, 2.45) is 12.2 Å². The topological polar surface area (TPSA) is 107 Å². The second-order valence-electron chi connectivity index (χ2n) is 6.27. The maximum Gasteiger partial charge on any atom is 0.255 e. The van der Waals surface area contributed by atoms with E-state index in [9.17, 15) is 13.2 Å². The van der Waals surface area contributed by atoms with E-state index in [1.54, 1.807) is 6.07 Å². The van der Waals surface area contributed by atoms with Crippen LogP contribution in [0.3, 0.4) is 0 Å². The van der Waals surface area contributed by atoms with Gasteiger partial charge in [-0.2, -0.15) is 5.10 Å². The predicted molar refractivity (Wildman–Crippen MR) is 104 cm³/mol. The molecule has 140 valence electrons. The van der Waals surface area contributed by atoms with E-state index in [1.807, 2.05) is 43.8 Å². The molecule has 0 unspecified atom stereocenters. The number of nitrogens with zero attached hydrogens (tertiary/aromatic N) is 2. The van der Waals surface area contributed by atoms with Gasteiger partial charge in [0, 0.05) is 29.6 Å². The Morgan fingerprint density at radius 1 is 1.11 bits per heavy atom. The molecule has 1 heterocycles. The Bertz CT molecular complexity index is 1120. The van der Waals surface area contributed by atoms with E-state index in [0.29, 0.717) is 11.3 Å². The van der Waals surface area contributed by atoms with Gasteiger partial charge in [-0.05, 0) is 55.8 Å². The van der Waals surface area contributed by atoms with Crippen LogP contribution in [0, 0.1) is 13.8 Å². The molecule has 0 aliphatic heterocycles. The standard InChI is InChI=1S/C19H20N4O3S/c1-12-18(13(2)23(3)22-12)14-5-4-6-15(11-14)19(24)21-16-7-9-17(10-8-16)27(20,25)26/h4-11H,1-3H3,(H,21,24)(H2,20,25,26). The second-order valence-corrected chi connectivity index (χ2v) is 7.84. The monoisotopic (exact) mass is 384 g/mol. The van der Waals surface area contributed by atoms with Gasteiger partial charge in [0.25, 0.3) is 5.91 Å². The number of amides is 1. The fourth-order valence-corrected chi connectivity index (χ4v) is 3.45. The minimum Gasteiger partial charge on any atom is -0.322 e. The van der Waals surface area contributed by atoms with Crippen LogP contribution in [0.15, 0.2) is 53.4 Å². The molecule has 1 aromatic heterocycles. The molecule has 27 heavy (non-hydrogen) atoms. The van der Waals surface area contributed by atoms with Crippen molar-refractivity contribution in [2.75, 3.05) is 5.32 Å². The number of aryl methyl sites for hydroxylation is 2. The lowest BCUT2D eigenvalue weighted by molar-refractivity contribution is 0.102. The number of rotatable bonds is 4. The highest BCUT2D eigenvalue weighted by Gasteiger charge is 2.14. The number of hydrogen-bond acceptors (Lipinski definition) is 4. The number of anilines is 1. The van der Waals surface area contributed by atoms with Gasteiger partial charge < -0.3 is 5.32 Å². The van der Waals surface area contributed by atoms with Crippen molar-refractivity contribution in [1.82, 2.24) is 9.78 Å². The first kappa shape index (κ1) is 18.8. The Labute approximate surface area is 157 Å². The Balaban J connectivity index is 1.86. The third kappa shape index (κ3) is 3.91. The molecule has 0 aliphatic rings. The molecule has 3 aromatic rings. The molecule has 0 spiro atoms. The zero-order valence-electron chi connectivity index (χ0n) is 15.2. The number of nitrogens with one attached hydrogen (secondary N) is 1. The van der Waals surface area contributed by atoms with Crippen LogP contribution in [0.25, 0.3) is 11.1 Å². The molecule has 0 fully saturated rings. The first-order chi connectivity index (χ1) is 12.7. The quantitative estimate of drug-likeness (QED) is 0.721. The average Bonchev–Trinajstić information content (AvgIpc) is 2.87. The number of sulfonamides is 1. The van der Waals surface area contributed by atoms with Crippen molar-refractivity contribution in [2.45, 2.75) is 18.7 Å². The van der Waals surface area contributed by atoms with Crippen molar-refractivity contribution >= 4 is 21.6 Å². The van der Waals surface area contributed by atoms with Gasteiger partial charge in [0.15, 0.2) is 0 Å². The number of hydrogen-bond donors (Lipinski definition) is 2. The summed E-state index contributed by atoms with van der Waals surface area (Å²) < 4.78 is 24.4. The summed E-state index contributed by atoms with van der Waals surface area (Å²) in [4.78, 5) is 12.6. The Morgan fingerprint density at radius 2 is 1.78 bits per heavy atom. The number of carbonyl (C=O) groups is 1. The second kappa shape index (κ2) is 6.98. The van der Waals surface area contributed by atoms with Crippen LogP contribution in [0.4, 0.5) is 5.69 Å². The smallest absolute Gasteiger partial charge is 0.255 e. The Morgan fingerprint density at radius 3 is 2.33 bits per heavy atom. The fraction of sp³-hybridized carbons (Fsp3) is 0.158. The predicted octanol–water partition coefficient (Wildman–Crippen LogP) is 2.60. The van der Waals surface area contributed by atoms with Gasteiger partial charge in [-0.1, -0.05) is 12.1 Å². The van der Waals surface area contributed by atoms with Gasteiger partial charge in [0.2, 0.25) is 10.0 Å². The molecule has 3 rings (SSSR count). The number of primary sulfonamides is 1. The lowest BCUT2D eigenvalue weighted by Gasteiger charge is -2.08. The van der Waals surface area contributed by atoms with Crippen molar-refractivity contribution in [3.8, 4) is 11.1 Å². The van der Waals surface area contributed by atoms with Gasteiger partial charge in [0.05, 0.1) is 10.6 Å². The first-order valence-corrected chi connectivity index (χ1v) is 9.76. The zero-order valence-corrected chi connectivity index (χ0v) is 16.0. The summed E-state index contributed by atoms with van der Waals surface area (Å²) >= 11 is 0. The molecule has 8 heteroatoms. The molecule has 2 aromatic carbocycles. The van der Waals surface area contributed by atoms with Crippen LogP contribution >= 0.6 is 0 Å². The first-order valence-electron chi connectivity index (χ1n) is 8.21. The van der Waals surface area contributed by atoms with E-state index in [-0.39, 0.29) is 10.8 Å². The molecule has 0 saturated heterocycles. The summed E-state index contributed by atoms with van der Waals surface area (Å²) in [5, 5.41) is 12.2. The Kier molecular flexibility index (Phi) is 4.86. The number of carbonyl (C=O) groups excluding carboxylic acids is 1. The SMILES string of the molecule is Cc1nn(C)c(C)c1-c1cccc(C(=O)Nc2ccc(S(N)(=O)=O)cc2)c1. The minimum absolute atomic E-state index is 0.00924. The van der Waals surface area contributed by atoms with E-state index < -0.39 is 10.0 Å². The summed E-state index contributed by atoms with van der Waals surface area (Å²) in [5.74, 6) is -0.292. The fourth-order valence-electron chi connectivity index (χ4n) is 2.94. The zero-order chi connectivity index (χ0) is 19.8. The van der Waals surface area contributed by atoms with E-state index in [0.717, 1.165) is 22.5 Å². The average molecular weight is 384 g/mol. The van der Waals surface area contributed by atoms with Gasteiger partial charge >= 0.3 is 0 Å². The molecule has 0 radical (unpaired) electrons. The van der Waals surface area contributed by atoms with Crippen molar-refractivity contribution in [1.29, 1.82) is 0 Å². The highest BCUT2D eigenvalue weighted by atomic mass is 32.2. The van der Waals surface area contributed by atoms with Crippen LogP contribution < -0.4 is 10.5 Å². The maximum atomic E-state index is 12.6. The Hall–Kier alpha value is -2.97. The number of benzene rings is 2. The summed E-state index contributed by atoms with van der Waals surface area (Å²) in [6.45, 7) is 3.91. The summed E-state index contributed by atoms with van der Waals surface area (Å²) in [6.07, 6.45) is 0. The highest BCUT2D eigenvalue weighted by molar-refractivity contribution is 7.89. The maximum absolute atomic E-state index is 12.6. The molecule has 0 bridgehead atoms. The van der Waals surface area contributed by atoms with Crippen molar-refractivity contribution in [3.63, 3.8) is 0 Å². The van der Waals surface area contributed by atoms with E-state index >= 15 is 0 Å². The summed E-state index contributed by atoms with van der Waals surface area (Å²) in [5.41, 5.74) is 4.80. The number of aromatic nitrogens is 2. The lowest BCUT2D eigenvalue weighted by atomic mass is 10.0. The molecule has 7 nitrogen and oxygen atoms in total. The molecular formula is C19H20N4O3S. The van der Waals surface area contributed by atoms with Gasteiger partial charge in [-0.25, -0.2) is 13.6 Å². The molecule has 0 aliphatic carbocycles. The summed E-state index contributed by atoms with van der Waals surface area (Å²) in [6, 6.07) is 13.0. The van der Waals surface area contributed by atoms with Gasteiger partial charge in [-0.3, -0.25) is 9.48 Å². The molecule has 0 atom stereocenters. The third-order valence-corrected chi connectivity index (χ3v) is 5.29. The van der Waals surface area contributed by atoms with Gasteiger partial charge in [-0.15, -0.1) is 0 Å². The third-order valence-electron chi connectivity index (χ3n) is 4.36. The van der Waals surface area contributed by atoms with Crippen LogP contribution in [-0.4, -0.2) is 24.1 Å². The van der Waals surface area contributed by atoms with E-state index in [2.05, 4.69) is 10.4 Å². The van der Waals surface area contributed by atoms with E-state index in [4.69, 9.17) is 5.14 Å². The molecule has 0 saturated carbocycles. The summed E-state index contributed by atoms with van der Waals surface area (Å²) in [7, 11) is -1.88. The lowest BCUT2D eigenvalue weighted by Crippen LogP contribution is -2.14. The van der Waals surface area contributed by atoms with Crippen molar-refractivity contribution < 1.29 is 13.2 Å². The minimum atomic E-state index is -3.76. The normalized spacial score (nSPS) is 11.4. The van der Waals surface area contributed by atoms with Crippen LogP contribution in [0.1, 0.15) is 21.7 Å².